The Morgan fingerprint density at radius 3 is 2.96 bits per heavy atom. The molecule has 0 spiro atoms. The SMILES string of the molecule is Cn1nc(NC(=O)c2ccc([N+](=O)[O-])o2)c2c1NC(=O)C[C@H]2c1cccs1. The van der Waals surface area contributed by atoms with E-state index in [1.807, 2.05) is 17.5 Å². The lowest BCUT2D eigenvalue weighted by atomic mass is 9.92. The number of nitrogens with zero attached hydrogens (tertiary/aromatic N) is 3. The minimum Gasteiger partial charge on any atom is -0.395 e. The predicted octanol–water partition coefficient (Wildman–Crippen LogP) is 2.71. The van der Waals surface area contributed by atoms with Gasteiger partial charge in [-0.3, -0.25) is 24.4 Å². The maximum absolute atomic E-state index is 12.4. The normalized spacial score (nSPS) is 15.9. The maximum atomic E-state index is 12.4. The fourth-order valence-electron chi connectivity index (χ4n) is 3.03. The van der Waals surface area contributed by atoms with Crippen LogP contribution in [0.25, 0.3) is 0 Å². The van der Waals surface area contributed by atoms with Gasteiger partial charge in [-0.15, -0.1) is 11.3 Å². The third-order valence-corrected chi connectivity index (χ3v) is 5.18. The van der Waals surface area contributed by atoms with Gasteiger partial charge in [0.05, 0.1) is 6.07 Å². The summed E-state index contributed by atoms with van der Waals surface area (Å²) in [5.41, 5.74) is 0.689. The van der Waals surface area contributed by atoms with Crippen molar-refractivity contribution in [1.82, 2.24) is 9.78 Å². The monoisotopic (exact) mass is 387 g/mol. The van der Waals surface area contributed by atoms with Crippen LogP contribution < -0.4 is 10.6 Å². The van der Waals surface area contributed by atoms with Crippen LogP contribution in [0.3, 0.4) is 0 Å². The molecule has 4 rings (SSSR count). The summed E-state index contributed by atoms with van der Waals surface area (Å²) < 4.78 is 6.41. The van der Waals surface area contributed by atoms with Crippen molar-refractivity contribution >= 4 is 40.7 Å². The molecule has 3 aromatic rings. The molecule has 0 unspecified atom stereocenters. The van der Waals surface area contributed by atoms with Crippen LogP contribution >= 0.6 is 11.3 Å². The van der Waals surface area contributed by atoms with Crippen molar-refractivity contribution in [2.45, 2.75) is 12.3 Å². The molecule has 27 heavy (non-hydrogen) atoms. The Bertz CT molecular complexity index is 1050. The number of nitrogens with one attached hydrogen (secondary N) is 2. The fraction of sp³-hybridized carbons (Fsp3) is 0.188. The Morgan fingerprint density at radius 1 is 1.48 bits per heavy atom. The van der Waals surface area contributed by atoms with Gasteiger partial charge in [-0.25, -0.2) is 0 Å². The van der Waals surface area contributed by atoms with Gasteiger partial charge in [-0.05, 0) is 17.5 Å². The van der Waals surface area contributed by atoms with E-state index in [4.69, 9.17) is 4.42 Å². The largest absolute Gasteiger partial charge is 0.433 e. The zero-order valence-corrected chi connectivity index (χ0v) is 14.8. The molecule has 11 heteroatoms. The first-order chi connectivity index (χ1) is 12.9. The molecule has 0 saturated carbocycles. The molecule has 2 amide bonds. The summed E-state index contributed by atoms with van der Waals surface area (Å²) in [6.07, 6.45) is 0.230. The second-order valence-corrected chi connectivity index (χ2v) is 6.88. The lowest BCUT2D eigenvalue weighted by Crippen LogP contribution is -2.24. The number of aryl methyl sites for hydroxylation is 1. The van der Waals surface area contributed by atoms with Crippen molar-refractivity contribution in [3.8, 4) is 0 Å². The summed E-state index contributed by atoms with van der Waals surface area (Å²) in [5.74, 6) is -0.987. The molecule has 0 radical (unpaired) electrons. The molecule has 0 aromatic carbocycles. The number of fused-ring (bicyclic) bond motifs is 1. The summed E-state index contributed by atoms with van der Waals surface area (Å²) in [7, 11) is 1.66. The molecule has 10 nitrogen and oxygen atoms in total. The lowest BCUT2D eigenvalue weighted by molar-refractivity contribution is -0.402. The van der Waals surface area contributed by atoms with Gasteiger partial charge in [0.2, 0.25) is 5.91 Å². The van der Waals surface area contributed by atoms with Crippen LogP contribution in [0, 0.1) is 10.1 Å². The Hall–Kier alpha value is -3.47. The first-order valence-electron chi connectivity index (χ1n) is 7.89. The van der Waals surface area contributed by atoms with E-state index in [0.29, 0.717) is 11.4 Å². The van der Waals surface area contributed by atoms with Crippen LogP contribution in [0.1, 0.15) is 33.3 Å². The Kier molecular flexibility index (Phi) is 4.00. The quantitative estimate of drug-likeness (QED) is 0.522. The molecule has 1 atom stereocenters. The van der Waals surface area contributed by atoms with E-state index < -0.39 is 16.7 Å². The van der Waals surface area contributed by atoms with Gasteiger partial charge in [0.1, 0.15) is 10.7 Å². The predicted molar refractivity (Wildman–Crippen MR) is 95.9 cm³/mol. The Balaban J connectivity index is 1.70. The van der Waals surface area contributed by atoms with Gasteiger partial charge in [0.25, 0.3) is 5.91 Å². The molecule has 138 valence electrons. The number of hydrogen-bond acceptors (Lipinski definition) is 7. The second kappa shape index (κ2) is 6.36. The van der Waals surface area contributed by atoms with E-state index in [0.717, 1.165) is 10.9 Å². The second-order valence-electron chi connectivity index (χ2n) is 5.90. The molecule has 2 N–H and O–H groups in total. The lowest BCUT2D eigenvalue weighted by Gasteiger charge is -2.22. The molecular weight excluding hydrogens is 374 g/mol. The molecule has 1 aliphatic rings. The van der Waals surface area contributed by atoms with Crippen molar-refractivity contribution in [1.29, 1.82) is 0 Å². The van der Waals surface area contributed by atoms with E-state index in [2.05, 4.69) is 15.7 Å². The first kappa shape index (κ1) is 17.0. The van der Waals surface area contributed by atoms with Gasteiger partial charge in [-0.1, -0.05) is 6.07 Å². The standard InChI is InChI=1S/C16H13N5O5S/c1-20-15-13(8(7-11(22)17-15)10-3-2-6-27-10)14(19-20)18-16(23)9-4-5-12(26-9)21(24)25/h2-6,8H,7H2,1H3,(H,17,22)(H,18,19,23)/t8-/m0/s1. The van der Waals surface area contributed by atoms with E-state index in [9.17, 15) is 19.7 Å². The number of carbonyl (C=O) groups is 2. The van der Waals surface area contributed by atoms with Gasteiger partial charge in [0.15, 0.2) is 11.6 Å². The molecule has 0 saturated heterocycles. The smallest absolute Gasteiger partial charge is 0.395 e. The van der Waals surface area contributed by atoms with Crippen molar-refractivity contribution in [3.05, 3.63) is 56.0 Å². The average Bonchev–Trinajstić information content (AvgIpc) is 3.35. The molecular formula is C16H13N5O5S. The number of thiophene rings is 1. The summed E-state index contributed by atoms with van der Waals surface area (Å²) in [4.78, 5) is 35.5. The third kappa shape index (κ3) is 2.97. The number of aromatic nitrogens is 2. The van der Waals surface area contributed by atoms with Crippen molar-refractivity contribution in [2.75, 3.05) is 10.6 Å². The number of hydrogen-bond donors (Lipinski definition) is 2. The molecule has 0 aliphatic carbocycles. The van der Waals surface area contributed by atoms with E-state index >= 15 is 0 Å². The number of amides is 2. The van der Waals surface area contributed by atoms with Crippen molar-refractivity contribution in [3.63, 3.8) is 0 Å². The van der Waals surface area contributed by atoms with Crippen LogP contribution in [0.5, 0.6) is 0 Å². The van der Waals surface area contributed by atoms with Crippen LogP contribution in [0.4, 0.5) is 17.5 Å². The molecule has 0 bridgehead atoms. The maximum Gasteiger partial charge on any atom is 0.433 e. The minimum atomic E-state index is -0.720. The number of carbonyl (C=O) groups excluding carboxylic acids is 2. The summed E-state index contributed by atoms with van der Waals surface area (Å²) >= 11 is 1.51. The zero-order valence-electron chi connectivity index (χ0n) is 14.0. The zero-order chi connectivity index (χ0) is 19.1. The number of furan rings is 1. The summed E-state index contributed by atoms with van der Waals surface area (Å²) in [6.45, 7) is 0. The topological polar surface area (TPSA) is 132 Å². The minimum absolute atomic E-state index is 0.136. The van der Waals surface area contributed by atoms with Gasteiger partial charge >= 0.3 is 5.88 Å². The molecule has 0 fully saturated rings. The third-order valence-electron chi connectivity index (χ3n) is 4.19. The van der Waals surface area contributed by atoms with Gasteiger partial charge < -0.3 is 15.1 Å². The van der Waals surface area contributed by atoms with E-state index in [1.165, 1.54) is 22.1 Å². The van der Waals surface area contributed by atoms with E-state index in [1.54, 1.807) is 7.05 Å². The fourth-order valence-corrected chi connectivity index (χ4v) is 3.87. The summed E-state index contributed by atoms with van der Waals surface area (Å²) in [5, 5.41) is 22.3. The highest BCUT2D eigenvalue weighted by molar-refractivity contribution is 7.10. The Labute approximate surface area is 155 Å². The molecule has 1 aliphatic heterocycles. The van der Waals surface area contributed by atoms with Crippen molar-refractivity contribution < 1.29 is 18.9 Å². The Morgan fingerprint density at radius 2 is 2.30 bits per heavy atom. The highest BCUT2D eigenvalue weighted by Gasteiger charge is 2.34. The van der Waals surface area contributed by atoms with E-state index in [-0.39, 0.29) is 29.8 Å². The van der Waals surface area contributed by atoms with Crippen LogP contribution in [-0.4, -0.2) is 26.5 Å². The van der Waals surface area contributed by atoms with Crippen LogP contribution in [0.2, 0.25) is 0 Å². The highest BCUT2D eigenvalue weighted by Crippen LogP contribution is 2.42. The summed E-state index contributed by atoms with van der Waals surface area (Å²) in [6, 6.07) is 6.15. The number of anilines is 2. The van der Waals surface area contributed by atoms with Crippen LogP contribution in [-0.2, 0) is 11.8 Å². The first-order valence-corrected chi connectivity index (χ1v) is 8.77. The van der Waals surface area contributed by atoms with Crippen LogP contribution in [0.15, 0.2) is 34.1 Å². The van der Waals surface area contributed by atoms with Crippen molar-refractivity contribution in [2.24, 2.45) is 7.05 Å². The highest BCUT2D eigenvalue weighted by atomic mass is 32.1. The number of rotatable bonds is 4. The van der Waals surface area contributed by atoms with Gasteiger partial charge in [-0.2, -0.15) is 5.10 Å². The average molecular weight is 387 g/mol. The molecule has 3 aromatic heterocycles. The molecule has 4 heterocycles. The number of nitro groups is 1. The van der Waals surface area contributed by atoms with Gasteiger partial charge in [0, 0.05) is 29.8 Å².